The fourth-order valence-corrected chi connectivity index (χ4v) is 4.47. The second-order valence-corrected chi connectivity index (χ2v) is 7.90. The first kappa shape index (κ1) is 16.7. The van der Waals surface area contributed by atoms with E-state index in [1.54, 1.807) is 0 Å². The Morgan fingerprint density at radius 1 is 1.15 bits per heavy atom. The smallest absolute Gasteiger partial charge is 0.161 e. The van der Waals surface area contributed by atoms with Crippen LogP contribution >= 0.6 is 0 Å². The molecule has 1 aromatic carbocycles. The van der Waals surface area contributed by atoms with Crippen LogP contribution in [0, 0.1) is 0 Å². The summed E-state index contributed by atoms with van der Waals surface area (Å²) in [5, 5.41) is 12.4. The predicted octanol–water partition coefficient (Wildman–Crippen LogP) is 3.24. The summed E-state index contributed by atoms with van der Waals surface area (Å²) in [5.41, 5.74) is 9.39. The highest BCUT2D eigenvalue weighted by Crippen LogP contribution is 2.38. The Kier molecular flexibility index (Phi) is 3.91. The Bertz CT molecular complexity index is 976. The van der Waals surface area contributed by atoms with Gasteiger partial charge in [0.25, 0.3) is 0 Å². The molecule has 1 aliphatic heterocycles. The van der Waals surface area contributed by atoms with E-state index in [-0.39, 0.29) is 17.7 Å². The van der Waals surface area contributed by atoms with Gasteiger partial charge in [-0.15, -0.1) is 10.2 Å². The monoisotopic (exact) mass is 363 g/mol. The van der Waals surface area contributed by atoms with Crippen LogP contribution in [0.3, 0.4) is 0 Å². The third kappa shape index (κ3) is 2.80. The van der Waals surface area contributed by atoms with Crippen LogP contribution < -0.4 is 15.8 Å². The fraction of sp³-hybridized carbons (Fsp3) is 0.429. The molecule has 0 spiro atoms. The minimum atomic E-state index is -0.137. The summed E-state index contributed by atoms with van der Waals surface area (Å²) in [4.78, 5) is 0. The molecular formula is C21H25N5O. The highest BCUT2D eigenvalue weighted by atomic mass is 16.5. The molecule has 0 unspecified atom stereocenters. The van der Waals surface area contributed by atoms with Crippen molar-refractivity contribution in [1.82, 2.24) is 19.9 Å². The fourth-order valence-electron chi connectivity index (χ4n) is 4.47. The first-order valence-electron chi connectivity index (χ1n) is 9.75. The van der Waals surface area contributed by atoms with Crippen molar-refractivity contribution < 1.29 is 4.74 Å². The molecule has 6 heteroatoms. The van der Waals surface area contributed by atoms with Crippen LogP contribution in [0.15, 0.2) is 42.6 Å². The molecule has 0 bridgehead atoms. The van der Waals surface area contributed by atoms with Crippen LogP contribution in [-0.2, 0) is 5.54 Å². The van der Waals surface area contributed by atoms with Gasteiger partial charge in [0.15, 0.2) is 11.5 Å². The number of aromatic nitrogens is 3. The second-order valence-electron chi connectivity index (χ2n) is 7.90. The topological polar surface area (TPSA) is 77.5 Å². The first-order chi connectivity index (χ1) is 13.1. The highest BCUT2D eigenvalue weighted by Gasteiger charge is 2.34. The molecule has 0 amide bonds. The number of nitrogens with zero attached hydrogens (tertiary/aromatic N) is 3. The number of pyridine rings is 1. The number of rotatable bonds is 3. The molecule has 5 rings (SSSR count). The zero-order valence-corrected chi connectivity index (χ0v) is 15.6. The number of nitrogens with two attached hydrogens (primary N) is 1. The molecule has 1 fully saturated rings. The van der Waals surface area contributed by atoms with Gasteiger partial charge in [-0.3, -0.25) is 4.40 Å². The summed E-state index contributed by atoms with van der Waals surface area (Å²) < 4.78 is 8.47. The lowest BCUT2D eigenvalue weighted by Gasteiger charge is -2.30. The summed E-state index contributed by atoms with van der Waals surface area (Å²) in [6.07, 6.45) is 6.12. The highest BCUT2D eigenvalue weighted by molar-refractivity contribution is 5.43. The first-order valence-corrected chi connectivity index (χ1v) is 9.75. The van der Waals surface area contributed by atoms with Gasteiger partial charge < -0.3 is 15.8 Å². The molecule has 2 aliphatic rings. The lowest BCUT2D eigenvalue weighted by Crippen LogP contribution is -2.35. The maximum Gasteiger partial charge on any atom is 0.161 e. The van der Waals surface area contributed by atoms with Crippen molar-refractivity contribution in [3.8, 4) is 5.75 Å². The zero-order chi connectivity index (χ0) is 18.4. The molecule has 1 aliphatic carbocycles. The summed E-state index contributed by atoms with van der Waals surface area (Å²) in [6.45, 7) is 3.21. The van der Waals surface area contributed by atoms with E-state index in [0.717, 1.165) is 49.4 Å². The van der Waals surface area contributed by atoms with Gasteiger partial charge in [0.1, 0.15) is 11.9 Å². The van der Waals surface area contributed by atoms with Crippen LogP contribution in [0.5, 0.6) is 5.75 Å². The number of hydrogen-bond donors (Lipinski definition) is 2. The van der Waals surface area contributed by atoms with Crippen molar-refractivity contribution in [2.45, 2.75) is 50.3 Å². The van der Waals surface area contributed by atoms with Gasteiger partial charge in [0.2, 0.25) is 0 Å². The van der Waals surface area contributed by atoms with E-state index in [9.17, 15) is 0 Å². The number of hydrogen-bond acceptors (Lipinski definition) is 5. The molecule has 27 heavy (non-hydrogen) atoms. The standard InChI is InChI=1S/C21H25N5O/c1-21(11-4-12-23-21)20-25-24-19-10-7-14(13-26(19)20)27-18-9-8-17(22)15-5-2-3-6-16(15)18/h2-3,5-7,10,13,17-18,23H,4,8-9,11-12,22H2,1H3/t17-,18+,21+/m0/s1. The maximum absolute atomic E-state index is 6.41. The summed E-state index contributed by atoms with van der Waals surface area (Å²) in [7, 11) is 0. The van der Waals surface area contributed by atoms with Crippen molar-refractivity contribution in [3.63, 3.8) is 0 Å². The number of ether oxygens (including phenoxy) is 1. The van der Waals surface area contributed by atoms with Crippen LogP contribution in [0.1, 0.15) is 61.7 Å². The quantitative estimate of drug-likeness (QED) is 0.747. The van der Waals surface area contributed by atoms with Crippen molar-refractivity contribution in [2.24, 2.45) is 5.73 Å². The van der Waals surface area contributed by atoms with Crippen LogP contribution in [0.2, 0.25) is 0 Å². The summed E-state index contributed by atoms with van der Waals surface area (Å²) in [5.74, 6) is 1.78. The van der Waals surface area contributed by atoms with Crippen LogP contribution in [-0.4, -0.2) is 21.1 Å². The predicted molar refractivity (Wildman–Crippen MR) is 104 cm³/mol. The Balaban J connectivity index is 1.49. The van der Waals surface area contributed by atoms with E-state index >= 15 is 0 Å². The van der Waals surface area contributed by atoms with Gasteiger partial charge in [0, 0.05) is 6.04 Å². The molecule has 1 saturated heterocycles. The Morgan fingerprint density at radius 3 is 2.81 bits per heavy atom. The van der Waals surface area contributed by atoms with Crippen LogP contribution in [0.25, 0.3) is 5.65 Å². The third-order valence-corrected chi connectivity index (χ3v) is 6.00. The molecule has 0 saturated carbocycles. The number of nitrogens with one attached hydrogen (secondary N) is 1. The molecule has 3 N–H and O–H groups in total. The average molecular weight is 363 g/mol. The van der Waals surface area contributed by atoms with Gasteiger partial charge >= 0.3 is 0 Å². The molecular weight excluding hydrogens is 338 g/mol. The molecule has 3 heterocycles. The number of fused-ring (bicyclic) bond motifs is 2. The Morgan fingerprint density at radius 2 is 2.00 bits per heavy atom. The van der Waals surface area contributed by atoms with E-state index < -0.39 is 0 Å². The largest absolute Gasteiger partial charge is 0.484 e. The Labute approximate surface area is 158 Å². The van der Waals surface area contributed by atoms with E-state index in [1.165, 1.54) is 11.1 Å². The van der Waals surface area contributed by atoms with Gasteiger partial charge in [-0.2, -0.15) is 0 Å². The lowest BCUT2D eigenvalue weighted by atomic mass is 9.86. The summed E-state index contributed by atoms with van der Waals surface area (Å²) >= 11 is 0. The van der Waals surface area contributed by atoms with E-state index in [4.69, 9.17) is 10.5 Å². The summed E-state index contributed by atoms with van der Waals surface area (Å²) in [6, 6.07) is 12.4. The van der Waals surface area contributed by atoms with Crippen molar-refractivity contribution >= 4 is 5.65 Å². The lowest BCUT2D eigenvalue weighted by molar-refractivity contribution is 0.176. The minimum Gasteiger partial charge on any atom is -0.484 e. The van der Waals surface area contributed by atoms with Gasteiger partial charge in [-0.1, -0.05) is 24.3 Å². The SMILES string of the molecule is C[C@]1(c2nnc3ccc(O[C@@H]4CC[C@H](N)c5ccccc54)cn23)CCCN1. The average Bonchev–Trinajstić information content (AvgIpc) is 3.31. The zero-order valence-electron chi connectivity index (χ0n) is 15.6. The maximum atomic E-state index is 6.41. The molecule has 140 valence electrons. The molecule has 6 nitrogen and oxygen atoms in total. The molecule has 2 aromatic heterocycles. The normalized spacial score (nSPS) is 27.6. The van der Waals surface area contributed by atoms with Crippen LogP contribution in [0.4, 0.5) is 0 Å². The Hall–Kier alpha value is -2.44. The van der Waals surface area contributed by atoms with Gasteiger partial charge in [-0.05, 0) is 62.4 Å². The van der Waals surface area contributed by atoms with Gasteiger partial charge in [-0.25, -0.2) is 0 Å². The van der Waals surface area contributed by atoms with E-state index in [1.807, 2.05) is 24.4 Å². The molecule has 3 aromatic rings. The molecule has 0 radical (unpaired) electrons. The van der Waals surface area contributed by atoms with Gasteiger partial charge in [0.05, 0.1) is 11.7 Å². The second kappa shape index (κ2) is 6.32. The van der Waals surface area contributed by atoms with E-state index in [2.05, 4.69) is 45.0 Å². The van der Waals surface area contributed by atoms with Crippen molar-refractivity contribution in [2.75, 3.05) is 6.54 Å². The van der Waals surface area contributed by atoms with E-state index in [0.29, 0.717) is 0 Å². The van der Waals surface area contributed by atoms with Crippen molar-refractivity contribution in [1.29, 1.82) is 0 Å². The van der Waals surface area contributed by atoms with Crippen molar-refractivity contribution in [3.05, 3.63) is 59.5 Å². The number of benzene rings is 1. The molecule has 3 atom stereocenters. The minimum absolute atomic E-state index is 0.0265. The third-order valence-electron chi connectivity index (χ3n) is 6.00.